The van der Waals surface area contributed by atoms with Gasteiger partial charge < -0.3 is 4.74 Å². The second kappa shape index (κ2) is 7.40. The fraction of sp³-hybridized carbons (Fsp3) is 0.263. The molecule has 0 fully saturated rings. The lowest BCUT2D eigenvalue weighted by Gasteiger charge is -2.14. The van der Waals surface area contributed by atoms with Crippen LogP contribution < -0.4 is 10.4 Å². The van der Waals surface area contributed by atoms with Gasteiger partial charge >= 0.3 is 5.69 Å². The predicted molar refractivity (Wildman–Crippen MR) is 106 cm³/mol. The largest absolute Gasteiger partial charge is 0.489 e. The Morgan fingerprint density at radius 1 is 1.22 bits per heavy atom. The van der Waals surface area contributed by atoms with E-state index in [1.807, 2.05) is 44.2 Å². The second-order valence-electron chi connectivity index (χ2n) is 6.30. The minimum atomic E-state index is -0.378. The Morgan fingerprint density at radius 3 is 2.81 bits per heavy atom. The summed E-state index contributed by atoms with van der Waals surface area (Å²) in [5.41, 5.74) is 4.39. The zero-order chi connectivity index (χ0) is 18.8. The summed E-state index contributed by atoms with van der Waals surface area (Å²) in [6.45, 7) is 5.23. The van der Waals surface area contributed by atoms with E-state index in [2.05, 4.69) is 26.6 Å². The van der Waals surface area contributed by atoms with Gasteiger partial charge in [0.15, 0.2) is 0 Å². The zero-order valence-electron chi connectivity index (χ0n) is 15.1. The number of benzene rings is 2. The average Bonchev–Trinajstić information content (AvgIpc) is 3.33. The third-order valence-corrected chi connectivity index (χ3v) is 5.49. The number of aryl methyl sites for hydroxylation is 2. The third-order valence-electron chi connectivity index (χ3n) is 4.47. The van der Waals surface area contributed by atoms with Crippen molar-refractivity contribution in [2.24, 2.45) is 4.99 Å². The molecule has 0 bridgehead atoms. The quantitative estimate of drug-likeness (QED) is 0.734. The molecule has 1 aromatic heterocycles. The maximum absolute atomic E-state index is 11.9. The van der Waals surface area contributed by atoms with E-state index in [1.54, 1.807) is 11.8 Å². The molecule has 0 radical (unpaired) electrons. The molecule has 138 valence electrons. The number of nitrogens with zero attached hydrogens (tertiary/aromatic N) is 4. The van der Waals surface area contributed by atoms with E-state index < -0.39 is 0 Å². The van der Waals surface area contributed by atoms with Crippen LogP contribution in [0.2, 0.25) is 0 Å². The first-order valence-electron chi connectivity index (χ1n) is 8.64. The summed E-state index contributed by atoms with van der Waals surface area (Å²) in [6, 6.07) is 11.8. The van der Waals surface area contributed by atoms with Crippen molar-refractivity contribution in [1.82, 2.24) is 20.2 Å². The van der Waals surface area contributed by atoms with Crippen molar-refractivity contribution in [1.29, 1.82) is 0 Å². The molecular weight excluding hydrogens is 362 g/mol. The fourth-order valence-electron chi connectivity index (χ4n) is 3.03. The highest BCUT2D eigenvalue weighted by Gasteiger charge is 2.14. The van der Waals surface area contributed by atoms with Crippen molar-refractivity contribution < 1.29 is 4.74 Å². The number of tetrazole rings is 1. The van der Waals surface area contributed by atoms with Gasteiger partial charge in [0.2, 0.25) is 0 Å². The van der Waals surface area contributed by atoms with Gasteiger partial charge in [-0.3, -0.25) is 4.99 Å². The molecule has 1 aliphatic heterocycles. The molecule has 7 nitrogen and oxygen atoms in total. The molecule has 3 aromatic rings. The highest BCUT2D eigenvalue weighted by Crippen LogP contribution is 2.26. The minimum Gasteiger partial charge on any atom is -0.489 e. The lowest BCUT2D eigenvalue weighted by atomic mass is 10.1. The molecular formula is C19H19N5O2S. The van der Waals surface area contributed by atoms with Gasteiger partial charge in [-0.1, -0.05) is 12.1 Å². The monoisotopic (exact) mass is 381 g/mol. The Balaban J connectivity index is 1.59. The van der Waals surface area contributed by atoms with Gasteiger partial charge in [0.1, 0.15) is 12.4 Å². The highest BCUT2D eigenvalue weighted by atomic mass is 32.2. The molecule has 0 aliphatic carbocycles. The molecule has 0 unspecified atom stereocenters. The molecule has 1 aliphatic rings. The van der Waals surface area contributed by atoms with E-state index in [9.17, 15) is 4.79 Å². The molecule has 2 aromatic carbocycles. The van der Waals surface area contributed by atoms with Crippen LogP contribution >= 0.6 is 11.8 Å². The Morgan fingerprint density at radius 2 is 2.11 bits per heavy atom. The first kappa shape index (κ1) is 17.5. The van der Waals surface area contributed by atoms with Crippen molar-refractivity contribution in [3.63, 3.8) is 0 Å². The summed E-state index contributed by atoms with van der Waals surface area (Å²) in [4.78, 5) is 16.4. The maximum Gasteiger partial charge on any atom is 0.365 e. The number of aromatic nitrogens is 4. The van der Waals surface area contributed by atoms with Crippen LogP contribution in [0, 0.1) is 13.8 Å². The van der Waals surface area contributed by atoms with Gasteiger partial charge in [-0.15, -0.1) is 11.8 Å². The zero-order valence-corrected chi connectivity index (χ0v) is 15.9. The number of H-pyrrole nitrogens is 1. The van der Waals surface area contributed by atoms with Crippen LogP contribution in [0.3, 0.4) is 0 Å². The van der Waals surface area contributed by atoms with Gasteiger partial charge in [-0.2, -0.15) is 4.68 Å². The molecule has 1 N–H and O–H groups in total. The number of aromatic amines is 1. The van der Waals surface area contributed by atoms with Gasteiger partial charge in [-0.05, 0) is 59.7 Å². The van der Waals surface area contributed by atoms with Crippen molar-refractivity contribution in [2.75, 3.05) is 12.3 Å². The number of nitrogens with one attached hydrogen (secondary N) is 1. The summed E-state index contributed by atoms with van der Waals surface area (Å²) in [7, 11) is 0. The second-order valence-corrected chi connectivity index (χ2v) is 7.38. The van der Waals surface area contributed by atoms with Gasteiger partial charge in [0.05, 0.1) is 10.7 Å². The van der Waals surface area contributed by atoms with E-state index in [4.69, 9.17) is 4.74 Å². The number of hydrogen-bond donors (Lipinski definition) is 1. The standard InChI is InChI=1S/C19H19N5O2S/c1-12-4-3-5-16(24-19(25)21-22-23-24)15(12)11-26-17-7-6-14(10-13(17)2)18-20-8-9-27-18/h3-7,10H,8-9,11H2,1-2H3,(H,21,23,25). The first-order chi connectivity index (χ1) is 13.1. The summed E-state index contributed by atoms with van der Waals surface area (Å²) >= 11 is 1.78. The SMILES string of the molecule is Cc1cc(C2=NCCS2)ccc1OCc1c(C)cccc1-n1nn[nH]c1=O. The number of aliphatic imine (C=N–C) groups is 1. The fourth-order valence-corrected chi connectivity index (χ4v) is 3.88. The first-order valence-corrected chi connectivity index (χ1v) is 9.62. The van der Waals surface area contributed by atoms with E-state index in [1.165, 1.54) is 4.68 Å². The lowest BCUT2D eigenvalue weighted by Crippen LogP contribution is -2.18. The molecule has 27 heavy (non-hydrogen) atoms. The van der Waals surface area contributed by atoms with Crippen LogP contribution in [0.5, 0.6) is 5.75 Å². The van der Waals surface area contributed by atoms with Crippen molar-refractivity contribution in [2.45, 2.75) is 20.5 Å². The number of hydrogen-bond acceptors (Lipinski definition) is 6. The number of ether oxygens (including phenoxy) is 1. The molecule has 2 heterocycles. The Kier molecular flexibility index (Phi) is 4.81. The Hall–Kier alpha value is -2.87. The van der Waals surface area contributed by atoms with Gasteiger partial charge in [0, 0.05) is 23.4 Å². The van der Waals surface area contributed by atoms with Crippen LogP contribution in [0.25, 0.3) is 5.69 Å². The van der Waals surface area contributed by atoms with E-state index in [0.29, 0.717) is 12.3 Å². The van der Waals surface area contributed by atoms with Crippen molar-refractivity contribution in [3.05, 3.63) is 69.1 Å². The molecule has 0 atom stereocenters. The molecule has 4 rings (SSSR count). The van der Waals surface area contributed by atoms with Crippen LogP contribution in [0.15, 0.2) is 46.2 Å². The Bertz CT molecular complexity index is 1070. The topological polar surface area (TPSA) is 85.2 Å². The maximum atomic E-state index is 11.9. The van der Waals surface area contributed by atoms with Crippen LogP contribution in [-0.4, -0.2) is 37.5 Å². The minimum absolute atomic E-state index is 0.331. The summed E-state index contributed by atoms with van der Waals surface area (Å²) in [5, 5.41) is 10.8. The van der Waals surface area contributed by atoms with Crippen LogP contribution in [0.1, 0.15) is 22.3 Å². The average molecular weight is 381 g/mol. The third kappa shape index (κ3) is 3.52. The molecule has 0 spiro atoms. The lowest BCUT2D eigenvalue weighted by molar-refractivity contribution is 0.302. The number of thioether (sulfide) groups is 1. The van der Waals surface area contributed by atoms with E-state index in [-0.39, 0.29) is 5.69 Å². The predicted octanol–water partition coefficient (Wildman–Crippen LogP) is 2.64. The van der Waals surface area contributed by atoms with Crippen molar-refractivity contribution in [3.8, 4) is 11.4 Å². The van der Waals surface area contributed by atoms with Gasteiger partial charge in [-0.25, -0.2) is 9.89 Å². The molecule has 0 saturated carbocycles. The van der Waals surface area contributed by atoms with E-state index >= 15 is 0 Å². The van der Waals surface area contributed by atoms with Gasteiger partial charge in [0.25, 0.3) is 0 Å². The smallest absolute Gasteiger partial charge is 0.365 e. The normalized spacial score (nSPS) is 13.6. The van der Waals surface area contributed by atoms with Crippen LogP contribution in [0.4, 0.5) is 0 Å². The Labute approximate surface area is 160 Å². The molecule has 0 saturated heterocycles. The summed E-state index contributed by atoms with van der Waals surface area (Å²) < 4.78 is 7.33. The molecule has 0 amide bonds. The summed E-state index contributed by atoms with van der Waals surface area (Å²) in [5.74, 6) is 1.86. The highest BCUT2D eigenvalue weighted by molar-refractivity contribution is 8.14. The van der Waals surface area contributed by atoms with Crippen molar-refractivity contribution >= 4 is 16.8 Å². The van der Waals surface area contributed by atoms with E-state index in [0.717, 1.165) is 45.3 Å². The molecule has 8 heteroatoms. The number of rotatable bonds is 5. The summed E-state index contributed by atoms with van der Waals surface area (Å²) in [6.07, 6.45) is 0. The van der Waals surface area contributed by atoms with Crippen LogP contribution in [-0.2, 0) is 6.61 Å².